The van der Waals surface area contributed by atoms with Crippen LogP contribution in [0.15, 0.2) is 30.3 Å². The summed E-state index contributed by atoms with van der Waals surface area (Å²) >= 11 is 0. The fraction of sp³-hybridized carbons (Fsp3) is 0.588. The molecule has 1 amide bonds. The zero-order chi connectivity index (χ0) is 15.8. The zero-order valence-corrected chi connectivity index (χ0v) is 13.7. The molecule has 0 heterocycles. The third-order valence-electron chi connectivity index (χ3n) is 3.91. The van der Waals surface area contributed by atoms with Gasteiger partial charge in [0, 0.05) is 19.1 Å². The highest BCUT2D eigenvalue weighted by molar-refractivity contribution is 5.81. The minimum atomic E-state index is -0.414. The van der Waals surface area contributed by atoms with Gasteiger partial charge in [0.05, 0.1) is 6.04 Å². The highest BCUT2D eigenvalue weighted by atomic mass is 16.2. The van der Waals surface area contributed by atoms with E-state index in [4.69, 9.17) is 5.73 Å². The van der Waals surface area contributed by atoms with Gasteiger partial charge in [-0.3, -0.25) is 9.69 Å². The lowest BCUT2D eigenvalue weighted by Crippen LogP contribution is -2.45. The Hall–Kier alpha value is -1.39. The number of nitrogens with one attached hydrogen (secondary N) is 1. The van der Waals surface area contributed by atoms with Crippen molar-refractivity contribution in [2.24, 2.45) is 11.7 Å². The van der Waals surface area contributed by atoms with Gasteiger partial charge in [-0.15, -0.1) is 0 Å². The molecule has 1 aromatic carbocycles. The molecule has 0 radical (unpaired) electrons. The molecule has 1 unspecified atom stereocenters. The first-order valence-corrected chi connectivity index (χ1v) is 7.69. The van der Waals surface area contributed by atoms with E-state index < -0.39 is 6.04 Å². The van der Waals surface area contributed by atoms with Crippen molar-refractivity contribution >= 4 is 5.91 Å². The number of carbonyl (C=O) groups is 1. The molecule has 21 heavy (non-hydrogen) atoms. The van der Waals surface area contributed by atoms with E-state index in [2.05, 4.69) is 48.5 Å². The van der Waals surface area contributed by atoms with E-state index in [-0.39, 0.29) is 11.8 Å². The van der Waals surface area contributed by atoms with E-state index >= 15 is 0 Å². The molecule has 0 aromatic heterocycles. The van der Waals surface area contributed by atoms with Gasteiger partial charge in [0.2, 0.25) is 5.91 Å². The summed E-state index contributed by atoms with van der Waals surface area (Å²) in [6.45, 7) is 7.68. The number of hydrogen-bond donors (Lipinski definition) is 2. The second-order valence-corrected chi connectivity index (χ2v) is 6.10. The van der Waals surface area contributed by atoms with Crippen LogP contribution in [-0.2, 0) is 11.3 Å². The zero-order valence-electron chi connectivity index (χ0n) is 13.7. The van der Waals surface area contributed by atoms with Gasteiger partial charge in [-0.1, -0.05) is 44.2 Å². The summed E-state index contributed by atoms with van der Waals surface area (Å²) in [6, 6.07) is 10.4. The molecule has 0 bridgehead atoms. The number of hydrogen-bond acceptors (Lipinski definition) is 3. The molecule has 1 aromatic rings. The predicted octanol–water partition coefficient (Wildman–Crippen LogP) is 2.00. The van der Waals surface area contributed by atoms with Crippen molar-refractivity contribution in [1.29, 1.82) is 0 Å². The van der Waals surface area contributed by atoms with Crippen LogP contribution in [0.1, 0.15) is 32.8 Å². The van der Waals surface area contributed by atoms with Gasteiger partial charge in [0.1, 0.15) is 0 Å². The first kappa shape index (κ1) is 17.7. The summed E-state index contributed by atoms with van der Waals surface area (Å²) in [5.74, 6) is 0.117. The van der Waals surface area contributed by atoms with Crippen LogP contribution in [0.5, 0.6) is 0 Å². The standard InChI is InChI=1S/C17H29N3O/c1-13(2)16(18)17(21)19-11-10-14(3)20(4)12-15-8-6-5-7-9-15/h5-9,13-14,16H,10-12,18H2,1-4H3,(H,19,21)/t14?,16-/m0/s1. The van der Waals surface area contributed by atoms with E-state index in [0.29, 0.717) is 12.6 Å². The number of carbonyl (C=O) groups excluding carboxylic acids is 1. The van der Waals surface area contributed by atoms with Crippen molar-refractivity contribution in [2.45, 2.75) is 45.8 Å². The molecule has 0 aliphatic carbocycles. The number of nitrogens with zero attached hydrogens (tertiary/aromatic N) is 1. The molecule has 0 aliphatic heterocycles. The summed E-state index contributed by atoms with van der Waals surface area (Å²) in [7, 11) is 2.11. The van der Waals surface area contributed by atoms with Crippen LogP contribution in [0.2, 0.25) is 0 Å². The molecule has 4 nitrogen and oxygen atoms in total. The molecule has 3 N–H and O–H groups in total. The first-order chi connectivity index (χ1) is 9.91. The average molecular weight is 291 g/mol. The maximum absolute atomic E-state index is 11.8. The highest BCUT2D eigenvalue weighted by Gasteiger charge is 2.17. The van der Waals surface area contributed by atoms with Crippen LogP contribution < -0.4 is 11.1 Å². The Morgan fingerprint density at radius 3 is 2.43 bits per heavy atom. The minimum Gasteiger partial charge on any atom is -0.355 e. The van der Waals surface area contributed by atoms with Crippen molar-refractivity contribution in [3.63, 3.8) is 0 Å². The summed E-state index contributed by atoms with van der Waals surface area (Å²) in [4.78, 5) is 14.1. The van der Waals surface area contributed by atoms with Crippen molar-refractivity contribution in [3.8, 4) is 0 Å². The molecule has 4 heteroatoms. The van der Waals surface area contributed by atoms with Crippen molar-refractivity contribution < 1.29 is 4.79 Å². The van der Waals surface area contributed by atoms with E-state index in [1.54, 1.807) is 0 Å². The molecular formula is C17H29N3O. The number of rotatable bonds is 8. The Balaban J connectivity index is 2.30. The molecular weight excluding hydrogens is 262 g/mol. The van der Waals surface area contributed by atoms with E-state index in [9.17, 15) is 4.79 Å². The van der Waals surface area contributed by atoms with E-state index in [0.717, 1.165) is 13.0 Å². The summed E-state index contributed by atoms with van der Waals surface area (Å²) in [6.07, 6.45) is 0.917. The Bertz CT molecular complexity index is 419. The number of amides is 1. The van der Waals surface area contributed by atoms with E-state index in [1.165, 1.54) is 5.56 Å². The number of nitrogens with two attached hydrogens (primary N) is 1. The van der Waals surface area contributed by atoms with Gasteiger partial charge in [0.15, 0.2) is 0 Å². The normalized spacial score (nSPS) is 14.2. The van der Waals surface area contributed by atoms with Crippen molar-refractivity contribution in [1.82, 2.24) is 10.2 Å². The van der Waals surface area contributed by atoms with Crippen LogP contribution in [0.4, 0.5) is 0 Å². The first-order valence-electron chi connectivity index (χ1n) is 7.69. The van der Waals surface area contributed by atoms with Crippen LogP contribution in [0, 0.1) is 5.92 Å². The molecule has 118 valence electrons. The van der Waals surface area contributed by atoms with Crippen molar-refractivity contribution in [2.75, 3.05) is 13.6 Å². The Morgan fingerprint density at radius 1 is 1.24 bits per heavy atom. The maximum Gasteiger partial charge on any atom is 0.237 e. The van der Waals surface area contributed by atoms with E-state index in [1.807, 2.05) is 19.9 Å². The predicted molar refractivity (Wildman–Crippen MR) is 87.8 cm³/mol. The Kier molecular flexibility index (Phi) is 7.40. The molecule has 0 saturated heterocycles. The molecule has 1 rings (SSSR count). The second kappa shape index (κ2) is 8.80. The third-order valence-corrected chi connectivity index (χ3v) is 3.91. The molecule has 0 spiro atoms. The van der Waals surface area contributed by atoms with Gasteiger partial charge < -0.3 is 11.1 Å². The Morgan fingerprint density at radius 2 is 1.86 bits per heavy atom. The van der Waals surface area contributed by atoms with Gasteiger partial charge >= 0.3 is 0 Å². The van der Waals surface area contributed by atoms with Crippen LogP contribution in [-0.4, -0.2) is 36.5 Å². The quantitative estimate of drug-likeness (QED) is 0.770. The van der Waals surface area contributed by atoms with Crippen LogP contribution >= 0.6 is 0 Å². The lowest BCUT2D eigenvalue weighted by molar-refractivity contribution is -0.123. The SMILES string of the molecule is CC(C)[C@H](N)C(=O)NCCC(C)N(C)Cc1ccccc1. The highest BCUT2D eigenvalue weighted by Crippen LogP contribution is 2.08. The minimum absolute atomic E-state index is 0.0529. The second-order valence-electron chi connectivity index (χ2n) is 6.10. The van der Waals surface area contributed by atoms with Gasteiger partial charge in [0.25, 0.3) is 0 Å². The summed E-state index contributed by atoms with van der Waals surface area (Å²) in [5, 5.41) is 2.92. The largest absolute Gasteiger partial charge is 0.355 e. The molecule has 0 saturated carbocycles. The molecule has 2 atom stereocenters. The van der Waals surface area contributed by atoms with Gasteiger partial charge in [-0.25, -0.2) is 0 Å². The molecule has 0 aliphatic rings. The lowest BCUT2D eigenvalue weighted by Gasteiger charge is -2.25. The number of benzene rings is 1. The van der Waals surface area contributed by atoms with Crippen molar-refractivity contribution in [3.05, 3.63) is 35.9 Å². The third kappa shape index (κ3) is 6.27. The Labute approximate surface area is 128 Å². The van der Waals surface area contributed by atoms with Crippen LogP contribution in [0.25, 0.3) is 0 Å². The average Bonchev–Trinajstić information content (AvgIpc) is 2.46. The maximum atomic E-state index is 11.8. The lowest BCUT2D eigenvalue weighted by atomic mass is 10.0. The smallest absolute Gasteiger partial charge is 0.237 e. The topological polar surface area (TPSA) is 58.4 Å². The fourth-order valence-electron chi connectivity index (χ4n) is 2.07. The van der Waals surface area contributed by atoms with Gasteiger partial charge in [-0.2, -0.15) is 0 Å². The molecule has 0 fully saturated rings. The van der Waals surface area contributed by atoms with Crippen LogP contribution in [0.3, 0.4) is 0 Å². The summed E-state index contributed by atoms with van der Waals surface area (Å²) in [5.41, 5.74) is 7.12. The van der Waals surface area contributed by atoms with Gasteiger partial charge in [-0.05, 0) is 31.9 Å². The monoisotopic (exact) mass is 291 g/mol. The fourth-order valence-corrected chi connectivity index (χ4v) is 2.07. The summed E-state index contributed by atoms with van der Waals surface area (Å²) < 4.78 is 0.